The second-order valence-corrected chi connectivity index (χ2v) is 5.90. The maximum absolute atomic E-state index is 11.9. The smallest absolute Gasteiger partial charge is 0.262 e. The molecule has 2 aromatic carbocycles. The largest absolute Gasteiger partial charge is 0.482 e. The zero-order valence-electron chi connectivity index (χ0n) is 10.7. The topological polar surface area (TPSA) is 64.3 Å². The number of hydrogen-bond acceptors (Lipinski definition) is 3. The normalized spacial score (nSPS) is 10.2. The number of ether oxygens (including phenoxy) is 1. The van der Waals surface area contributed by atoms with E-state index in [2.05, 4.69) is 21.2 Å². The van der Waals surface area contributed by atoms with Gasteiger partial charge in [0, 0.05) is 9.50 Å². The lowest BCUT2D eigenvalue weighted by Crippen LogP contribution is -2.20. The van der Waals surface area contributed by atoms with Crippen molar-refractivity contribution in [2.75, 3.05) is 17.7 Å². The van der Waals surface area contributed by atoms with Gasteiger partial charge in [0.2, 0.25) is 0 Å². The van der Waals surface area contributed by atoms with E-state index < -0.39 is 0 Å². The van der Waals surface area contributed by atoms with Crippen LogP contribution in [0.5, 0.6) is 5.75 Å². The molecule has 2 aromatic rings. The number of benzene rings is 2. The SMILES string of the molecule is Nc1ccc(Cl)cc1NC(=O)COc1cc(Br)ccc1Cl. The van der Waals surface area contributed by atoms with Gasteiger partial charge in [-0.05, 0) is 36.4 Å². The van der Waals surface area contributed by atoms with E-state index in [0.29, 0.717) is 27.2 Å². The fourth-order valence-corrected chi connectivity index (χ4v) is 2.24. The Morgan fingerprint density at radius 3 is 2.76 bits per heavy atom. The van der Waals surface area contributed by atoms with Crippen LogP contribution in [0.2, 0.25) is 10.0 Å². The van der Waals surface area contributed by atoms with Crippen LogP contribution in [0.1, 0.15) is 0 Å². The van der Waals surface area contributed by atoms with E-state index in [9.17, 15) is 4.79 Å². The molecule has 0 unspecified atom stereocenters. The first-order valence-electron chi connectivity index (χ1n) is 5.88. The highest BCUT2D eigenvalue weighted by molar-refractivity contribution is 9.10. The molecule has 0 aliphatic rings. The standard InChI is InChI=1S/C14H11BrCl2N2O2/c15-8-1-3-10(17)13(5-8)21-7-14(20)19-12-6-9(16)2-4-11(12)18/h1-6H,7,18H2,(H,19,20). The molecule has 21 heavy (non-hydrogen) atoms. The van der Waals surface area contributed by atoms with Crippen molar-refractivity contribution in [3.63, 3.8) is 0 Å². The van der Waals surface area contributed by atoms with Crippen molar-refractivity contribution in [2.24, 2.45) is 0 Å². The molecule has 0 aromatic heterocycles. The van der Waals surface area contributed by atoms with Crippen molar-refractivity contribution < 1.29 is 9.53 Å². The van der Waals surface area contributed by atoms with Gasteiger partial charge in [-0.2, -0.15) is 0 Å². The molecule has 0 heterocycles. The van der Waals surface area contributed by atoms with E-state index in [-0.39, 0.29) is 12.5 Å². The second-order valence-electron chi connectivity index (χ2n) is 4.14. The number of rotatable bonds is 4. The third kappa shape index (κ3) is 4.52. The van der Waals surface area contributed by atoms with Crippen molar-refractivity contribution in [1.29, 1.82) is 0 Å². The maximum atomic E-state index is 11.9. The minimum absolute atomic E-state index is 0.192. The molecule has 0 spiro atoms. The monoisotopic (exact) mass is 388 g/mol. The lowest BCUT2D eigenvalue weighted by atomic mass is 10.2. The number of nitrogens with one attached hydrogen (secondary N) is 1. The Morgan fingerprint density at radius 1 is 1.24 bits per heavy atom. The summed E-state index contributed by atoms with van der Waals surface area (Å²) in [6.07, 6.45) is 0. The van der Waals surface area contributed by atoms with Gasteiger partial charge in [-0.3, -0.25) is 4.79 Å². The molecule has 0 aliphatic heterocycles. The van der Waals surface area contributed by atoms with Gasteiger partial charge in [0.05, 0.1) is 16.4 Å². The third-order valence-corrected chi connectivity index (χ3v) is 3.58. The van der Waals surface area contributed by atoms with Crippen LogP contribution in [0.15, 0.2) is 40.9 Å². The lowest BCUT2D eigenvalue weighted by molar-refractivity contribution is -0.118. The number of carbonyl (C=O) groups is 1. The van der Waals surface area contributed by atoms with Crippen LogP contribution in [0.25, 0.3) is 0 Å². The number of hydrogen-bond donors (Lipinski definition) is 2. The summed E-state index contributed by atoms with van der Waals surface area (Å²) in [7, 11) is 0. The molecule has 3 N–H and O–H groups in total. The van der Waals surface area contributed by atoms with E-state index in [1.54, 1.807) is 36.4 Å². The molecule has 0 saturated heterocycles. The predicted molar refractivity (Wildman–Crippen MR) is 89.1 cm³/mol. The zero-order chi connectivity index (χ0) is 15.4. The van der Waals surface area contributed by atoms with Crippen molar-refractivity contribution in [3.05, 3.63) is 50.9 Å². The van der Waals surface area contributed by atoms with Crippen LogP contribution in [0.4, 0.5) is 11.4 Å². The Bertz CT molecular complexity index is 680. The summed E-state index contributed by atoms with van der Waals surface area (Å²) in [6.45, 7) is -0.192. The molecule has 0 radical (unpaired) electrons. The first-order chi connectivity index (χ1) is 9.95. The summed E-state index contributed by atoms with van der Waals surface area (Å²) in [6, 6.07) is 9.97. The van der Waals surface area contributed by atoms with Crippen molar-refractivity contribution in [1.82, 2.24) is 0 Å². The number of carbonyl (C=O) groups excluding carboxylic acids is 1. The molecule has 1 amide bonds. The molecule has 2 rings (SSSR count). The van der Waals surface area contributed by atoms with Gasteiger partial charge >= 0.3 is 0 Å². The van der Waals surface area contributed by atoms with Crippen molar-refractivity contribution >= 4 is 56.4 Å². The molecule has 0 aliphatic carbocycles. The molecular formula is C14H11BrCl2N2O2. The van der Waals surface area contributed by atoms with Crippen LogP contribution < -0.4 is 15.8 Å². The summed E-state index contributed by atoms with van der Waals surface area (Å²) >= 11 is 15.1. The highest BCUT2D eigenvalue weighted by atomic mass is 79.9. The average Bonchev–Trinajstić information content (AvgIpc) is 2.44. The molecule has 4 nitrogen and oxygen atoms in total. The average molecular weight is 390 g/mol. The number of halogens is 3. The summed E-state index contributed by atoms with van der Waals surface area (Å²) < 4.78 is 6.18. The van der Waals surface area contributed by atoms with Gasteiger partial charge in [0.1, 0.15) is 5.75 Å². The highest BCUT2D eigenvalue weighted by Gasteiger charge is 2.09. The summed E-state index contributed by atoms with van der Waals surface area (Å²) in [5.74, 6) is 0.0558. The van der Waals surface area contributed by atoms with Gasteiger partial charge in [-0.25, -0.2) is 0 Å². The molecule has 110 valence electrons. The van der Waals surface area contributed by atoms with E-state index in [0.717, 1.165) is 4.47 Å². The third-order valence-electron chi connectivity index (χ3n) is 2.54. The van der Waals surface area contributed by atoms with Gasteiger partial charge in [0.15, 0.2) is 6.61 Å². The zero-order valence-corrected chi connectivity index (χ0v) is 13.8. The fraction of sp³-hybridized carbons (Fsp3) is 0.0714. The minimum atomic E-state index is -0.361. The number of nitrogens with two attached hydrogens (primary N) is 1. The van der Waals surface area contributed by atoms with E-state index in [4.69, 9.17) is 33.7 Å². The Balaban J connectivity index is 1.99. The van der Waals surface area contributed by atoms with Crippen LogP contribution >= 0.6 is 39.1 Å². The number of nitrogen functional groups attached to an aromatic ring is 1. The van der Waals surface area contributed by atoms with Gasteiger partial charge in [0.25, 0.3) is 5.91 Å². The minimum Gasteiger partial charge on any atom is -0.482 e. The molecule has 0 saturated carbocycles. The number of amides is 1. The second kappa shape index (κ2) is 7.02. The van der Waals surface area contributed by atoms with E-state index in [1.807, 2.05) is 0 Å². The van der Waals surface area contributed by atoms with Crippen molar-refractivity contribution in [2.45, 2.75) is 0 Å². The van der Waals surface area contributed by atoms with Crippen LogP contribution in [-0.2, 0) is 4.79 Å². The van der Waals surface area contributed by atoms with Gasteiger partial charge in [-0.15, -0.1) is 0 Å². The first-order valence-corrected chi connectivity index (χ1v) is 7.43. The lowest BCUT2D eigenvalue weighted by Gasteiger charge is -2.10. The quantitative estimate of drug-likeness (QED) is 0.763. The Labute approximate surface area is 140 Å². The molecule has 0 bridgehead atoms. The molecule has 7 heteroatoms. The van der Waals surface area contributed by atoms with E-state index >= 15 is 0 Å². The first kappa shape index (κ1) is 15.9. The van der Waals surface area contributed by atoms with Crippen LogP contribution in [0.3, 0.4) is 0 Å². The summed E-state index contributed by atoms with van der Waals surface area (Å²) in [5, 5.41) is 3.53. The number of anilines is 2. The van der Waals surface area contributed by atoms with Crippen molar-refractivity contribution in [3.8, 4) is 5.75 Å². The Morgan fingerprint density at radius 2 is 2.00 bits per heavy atom. The highest BCUT2D eigenvalue weighted by Crippen LogP contribution is 2.28. The maximum Gasteiger partial charge on any atom is 0.262 e. The van der Waals surface area contributed by atoms with E-state index in [1.165, 1.54) is 0 Å². The van der Waals surface area contributed by atoms with Gasteiger partial charge in [-0.1, -0.05) is 39.1 Å². The molecule has 0 fully saturated rings. The fourth-order valence-electron chi connectivity index (χ4n) is 1.55. The van der Waals surface area contributed by atoms with Gasteiger partial charge < -0.3 is 15.8 Å². The predicted octanol–water partition coefficient (Wildman–Crippen LogP) is 4.36. The summed E-state index contributed by atoms with van der Waals surface area (Å²) in [4.78, 5) is 11.9. The summed E-state index contributed by atoms with van der Waals surface area (Å²) in [5.41, 5.74) is 6.61. The molecular weight excluding hydrogens is 379 g/mol. The van der Waals surface area contributed by atoms with Crippen LogP contribution in [-0.4, -0.2) is 12.5 Å². The van der Waals surface area contributed by atoms with Crippen LogP contribution in [0, 0.1) is 0 Å². The Hall–Kier alpha value is -1.43. The Kier molecular flexibility index (Phi) is 5.33. The molecule has 0 atom stereocenters.